The first-order valence-corrected chi connectivity index (χ1v) is 13.3. The lowest BCUT2D eigenvalue weighted by Gasteiger charge is -2.34. The molecule has 1 fully saturated rings. The molecule has 1 heterocycles. The van der Waals surface area contributed by atoms with Gasteiger partial charge in [0.15, 0.2) is 0 Å². The summed E-state index contributed by atoms with van der Waals surface area (Å²) in [6.07, 6.45) is 1.32. The maximum Gasteiger partial charge on any atom is 0.243 e. The Morgan fingerprint density at radius 1 is 0.971 bits per heavy atom. The molecule has 0 bridgehead atoms. The van der Waals surface area contributed by atoms with Gasteiger partial charge >= 0.3 is 0 Å². The van der Waals surface area contributed by atoms with E-state index in [4.69, 9.17) is 4.74 Å². The summed E-state index contributed by atoms with van der Waals surface area (Å²) in [5.41, 5.74) is 2.85. The number of methoxy groups -OCH3 is 1. The molecular weight excluding hydrogens is 460 g/mol. The number of hydrogen-bond acceptors (Lipinski definition) is 4. The molecule has 1 aliphatic heterocycles. The molecule has 0 saturated carbocycles. The number of piperidine rings is 1. The van der Waals surface area contributed by atoms with Gasteiger partial charge in [-0.25, -0.2) is 8.42 Å². The van der Waals surface area contributed by atoms with Crippen molar-refractivity contribution in [3.63, 3.8) is 0 Å². The Balaban J connectivity index is 1.54. The van der Waals surface area contributed by atoms with Gasteiger partial charge in [0.25, 0.3) is 0 Å². The monoisotopic (exact) mass is 492 g/mol. The van der Waals surface area contributed by atoms with Crippen LogP contribution in [0.15, 0.2) is 83.8 Å². The van der Waals surface area contributed by atoms with Crippen molar-refractivity contribution in [1.82, 2.24) is 9.21 Å². The zero-order chi connectivity index (χ0) is 24.8. The highest BCUT2D eigenvalue weighted by Gasteiger charge is 2.35. The Morgan fingerprint density at radius 3 is 2.11 bits per heavy atom. The predicted molar refractivity (Wildman–Crippen MR) is 136 cm³/mol. The smallest absolute Gasteiger partial charge is 0.243 e. The third-order valence-electron chi connectivity index (χ3n) is 6.48. The summed E-state index contributed by atoms with van der Waals surface area (Å²) in [4.78, 5) is 15.8. The van der Waals surface area contributed by atoms with E-state index < -0.39 is 10.0 Å². The zero-order valence-corrected chi connectivity index (χ0v) is 21.1. The molecule has 3 aromatic carbocycles. The molecule has 0 aromatic heterocycles. The van der Waals surface area contributed by atoms with Crippen LogP contribution in [0.5, 0.6) is 5.75 Å². The van der Waals surface area contributed by atoms with Crippen molar-refractivity contribution in [2.75, 3.05) is 20.2 Å². The maximum absolute atomic E-state index is 13.7. The van der Waals surface area contributed by atoms with Crippen LogP contribution in [0.4, 0.5) is 0 Å². The number of carbonyl (C=O) groups excluding carboxylic acids is 1. The number of aryl methyl sites for hydroxylation is 1. The van der Waals surface area contributed by atoms with Crippen LogP contribution in [0.2, 0.25) is 0 Å². The number of benzene rings is 3. The number of sulfonamides is 1. The molecule has 1 amide bonds. The van der Waals surface area contributed by atoms with Crippen LogP contribution < -0.4 is 4.74 Å². The molecule has 6 nitrogen and oxygen atoms in total. The van der Waals surface area contributed by atoms with Gasteiger partial charge in [-0.15, -0.1) is 0 Å². The first kappa shape index (κ1) is 24.9. The van der Waals surface area contributed by atoms with Crippen molar-refractivity contribution < 1.29 is 17.9 Å². The standard InChI is InChI=1S/C28H32N2O4S/c1-22-18-26(15-16-27(22)34-2)35(32,33)30-17-9-14-25(21-30)28(31)29(19-23-10-5-3-6-11-23)20-24-12-7-4-8-13-24/h3-8,10-13,15-16,18,25H,9,14,17,19-21H2,1-2H3/t25-/m0/s1. The average Bonchev–Trinajstić information content (AvgIpc) is 2.89. The fraction of sp³-hybridized carbons (Fsp3) is 0.321. The van der Waals surface area contributed by atoms with Crippen LogP contribution in [0.3, 0.4) is 0 Å². The lowest BCUT2D eigenvalue weighted by molar-refractivity contribution is -0.138. The van der Waals surface area contributed by atoms with E-state index in [2.05, 4.69) is 0 Å². The van der Waals surface area contributed by atoms with Gasteiger partial charge in [-0.05, 0) is 54.7 Å². The highest BCUT2D eigenvalue weighted by molar-refractivity contribution is 7.89. The number of carbonyl (C=O) groups is 1. The highest BCUT2D eigenvalue weighted by atomic mass is 32.2. The summed E-state index contributed by atoms with van der Waals surface area (Å²) < 4.78 is 33.6. The number of nitrogens with zero attached hydrogens (tertiary/aromatic N) is 2. The van der Waals surface area contributed by atoms with E-state index in [-0.39, 0.29) is 23.3 Å². The fourth-order valence-electron chi connectivity index (χ4n) is 4.60. The largest absolute Gasteiger partial charge is 0.496 e. The van der Waals surface area contributed by atoms with Crippen LogP contribution in [0.25, 0.3) is 0 Å². The Labute approximate surface area is 208 Å². The van der Waals surface area contributed by atoms with E-state index in [0.717, 1.165) is 16.7 Å². The van der Waals surface area contributed by atoms with E-state index >= 15 is 0 Å². The van der Waals surface area contributed by atoms with Gasteiger partial charge in [0.1, 0.15) is 5.75 Å². The van der Waals surface area contributed by atoms with Crippen LogP contribution in [-0.4, -0.2) is 43.7 Å². The average molecular weight is 493 g/mol. The lowest BCUT2D eigenvalue weighted by atomic mass is 9.97. The molecule has 1 saturated heterocycles. The van der Waals surface area contributed by atoms with Gasteiger partial charge in [-0.2, -0.15) is 4.31 Å². The minimum Gasteiger partial charge on any atom is -0.496 e. The summed E-state index contributed by atoms with van der Waals surface area (Å²) in [5, 5.41) is 0. The molecule has 0 radical (unpaired) electrons. The Kier molecular flexibility index (Phi) is 7.88. The Bertz CT molecular complexity index is 1200. The number of amides is 1. The van der Waals surface area contributed by atoms with E-state index in [1.807, 2.05) is 72.5 Å². The molecule has 4 rings (SSSR count). The van der Waals surface area contributed by atoms with Gasteiger partial charge in [0, 0.05) is 26.2 Å². The molecule has 0 aliphatic carbocycles. The summed E-state index contributed by atoms with van der Waals surface area (Å²) in [5.74, 6) is 0.252. The van der Waals surface area contributed by atoms with Crippen molar-refractivity contribution in [3.05, 3.63) is 95.6 Å². The first-order chi connectivity index (χ1) is 16.9. The van der Waals surface area contributed by atoms with Crippen molar-refractivity contribution in [1.29, 1.82) is 0 Å². The van der Waals surface area contributed by atoms with Crippen LogP contribution in [0, 0.1) is 12.8 Å². The van der Waals surface area contributed by atoms with Crippen LogP contribution in [0.1, 0.15) is 29.5 Å². The second kappa shape index (κ2) is 11.1. The number of hydrogen-bond donors (Lipinski definition) is 0. The van der Waals surface area contributed by atoms with E-state index in [1.54, 1.807) is 25.3 Å². The van der Waals surface area contributed by atoms with Crippen LogP contribution in [-0.2, 0) is 27.9 Å². The van der Waals surface area contributed by atoms with Crippen LogP contribution >= 0.6 is 0 Å². The second-order valence-corrected chi connectivity index (χ2v) is 10.9. The van der Waals surface area contributed by atoms with Gasteiger partial charge in [-0.3, -0.25) is 4.79 Å². The minimum absolute atomic E-state index is 0.0106. The maximum atomic E-state index is 13.7. The third-order valence-corrected chi connectivity index (χ3v) is 8.34. The molecule has 0 N–H and O–H groups in total. The van der Waals surface area contributed by atoms with Crippen molar-refractivity contribution in [2.45, 2.75) is 37.8 Å². The van der Waals surface area contributed by atoms with E-state index in [0.29, 0.717) is 38.2 Å². The van der Waals surface area contributed by atoms with E-state index in [1.165, 1.54) is 4.31 Å². The topological polar surface area (TPSA) is 66.9 Å². The summed E-state index contributed by atoms with van der Waals surface area (Å²) in [6.45, 7) is 3.39. The van der Waals surface area contributed by atoms with Gasteiger partial charge in [0.2, 0.25) is 15.9 Å². The third kappa shape index (κ3) is 5.92. The van der Waals surface area contributed by atoms with Gasteiger partial charge in [-0.1, -0.05) is 60.7 Å². The Hall–Kier alpha value is -3.16. The fourth-order valence-corrected chi connectivity index (χ4v) is 6.21. The van der Waals surface area contributed by atoms with Crippen molar-refractivity contribution in [2.24, 2.45) is 5.92 Å². The number of ether oxygens (including phenoxy) is 1. The molecule has 7 heteroatoms. The first-order valence-electron chi connectivity index (χ1n) is 11.9. The minimum atomic E-state index is -3.71. The highest BCUT2D eigenvalue weighted by Crippen LogP contribution is 2.28. The predicted octanol–water partition coefficient (Wildman–Crippen LogP) is 4.63. The lowest BCUT2D eigenvalue weighted by Crippen LogP contribution is -2.46. The van der Waals surface area contributed by atoms with Crippen molar-refractivity contribution in [3.8, 4) is 5.75 Å². The molecule has 1 aliphatic rings. The quantitative estimate of drug-likeness (QED) is 0.460. The van der Waals surface area contributed by atoms with Gasteiger partial charge in [0.05, 0.1) is 17.9 Å². The zero-order valence-electron chi connectivity index (χ0n) is 20.3. The molecule has 3 aromatic rings. The molecular formula is C28H32N2O4S. The van der Waals surface area contributed by atoms with Gasteiger partial charge < -0.3 is 9.64 Å². The number of rotatable bonds is 8. The normalized spacial score (nSPS) is 16.6. The SMILES string of the molecule is COc1ccc(S(=O)(=O)N2CCC[C@H](C(=O)N(Cc3ccccc3)Cc3ccccc3)C2)cc1C. The summed E-state index contributed by atoms with van der Waals surface area (Å²) in [7, 11) is -2.15. The molecule has 0 unspecified atom stereocenters. The summed E-state index contributed by atoms with van der Waals surface area (Å²) >= 11 is 0. The molecule has 35 heavy (non-hydrogen) atoms. The molecule has 1 atom stereocenters. The second-order valence-electron chi connectivity index (χ2n) is 9.00. The summed E-state index contributed by atoms with van der Waals surface area (Å²) in [6, 6.07) is 24.7. The molecule has 0 spiro atoms. The molecule has 184 valence electrons. The van der Waals surface area contributed by atoms with Crippen molar-refractivity contribution >= 4 is 15.9 Å². The van der Waals surface area contributed by atoms with E-state index in [9.17, 15) is 13.2 Å². The Morgan fingerprint density at radius 2 is 1.57 bits per heavy atom.